The molecule has 1 amide bonds. The molecule has 0 radical (unpaired) electrons. The SMILES string of the molecule is CCN(CC)C(=O)C(c1ccccc1)N1CCN(CC(C)C)CC1. The van der Waals surface area contributed by atoms with Gasteiger partial charge in [-0.2, -0.15) is 0 Å². The molecule has 4 nitrogen and oxygen atoms in total. The van der Waals surface area contributed by atoms with E-state index in [4.69, 9.17) is 0 Å². The van der Waals surface area contributed by atoms with Gasteiger partial charge in [-0.1, -0.05) is 44.2 Å². The molecular weight excluding hydrogens is 298 g/mol. The van der Waals surface area contributed by atoms with E-state index in [2.05, 4.69) is 49.6 Å². The van der Waals surface area contributed by atoms with E-state index in [1.807, 2.05) is 23.1 Å². The molecule has 1 unspecified atom stereocenters. The van der Waals surface area contributed by atoms with E-state index in [0.717, 1.165) is 51.4 Å². The maximum Gasteiger partial charge on any atom is 0.244 e. The summed E-state index contributed by atoms with van der Waals surface area (Å²) >= 11 is 0. The van der Waals surface area contributed by atoms with Crippen LogP contribution in [0.2, 0.25) is 0 Å². The van der Waals surface area contributed by atoms with Crippen LogP contribution >= 0.6 is 0 Å². The molecule has 0 aromatic heterocycles. The zero-order chi connectivity index (χ0) is 17.5. The number of carbonyl (C=O) groups excluding carboxylic acids is 1. The Balaban J connectivity index is 2.14. The maximum atomic E-state index is 13.1. The molecule has 1 aliphatic heterocycles. The number of likely N-dealkylation sites (N-methyl/N-ethyl adjacent to an activating group) is 1. The predicted octanol–water partition coefficient (Wildman–Crippen LogP) is 2.87. The molecule has 2 rings (SSSR count). The first-order chi connectivity index (χ1) is 11.6. The minimum absolute atomic E-state index is 0.146. The lowest BCUT2D eigenvalue weighted by Crippen LogP contribution is -2.52. The number of piperazine rings is 1. The largest absolute Gasteiger partial charge is 0.342 e. The highest BCUT2D eigenvalue weighted by molar-refractivity contribution is 5.83. The van der Waals surface area contributed by atoms with Crippen molar-refractivity contribution in [2.75, 3.05) is 45.8 Å². The molecule has 1 aromatic rings. The molecule has 0 spiro atoms. The van der Waals surface area contributed by atoms with Crippen molar-refractivity contribution in [1.82, 2.24) is 14.7 Å². The average molecular weight is 332 g/mol. The van der Waals surface area contributed by atoms with Gasteiger partial charge in [-0.15, -0.1) is 0 Å². The summed E-state index contributed by atoms with van der Waals surface area (Å²) in [5, 5.41) is 0. The summed E-state index contributed by atoms with van der Waals surface area (Å²) in [4.78, 5) is 20.0. The van der Waals surface area contributed by atoms with Crippen molar-refractivity contribution in [2.24, 2.45) is 5.92 Å². The van der Waals surface area contributed by atoms with E-state index in [-0.39, 0.29) is 11.9 Å². The van der Waals surface area contributed by atoms with Gasteiger partial charge in [0.2, 0.25) is 5.91 Å². The molecule has 4 heteroatoms. The standard InChI is InChI=1S/C20H33N3O/c1-5-22(6-2)20(24)19(18-10-8-7-9-11-18)23-14-12-21(13-15-23)16-17(3)4/h7-11,17,19H,5-6,12-16H2,1-4H3. The smallest absolute Gasteiger partial charge is 0.244 e. The van der Waals surface area contributed by atoms with Crippen LogP contribution in [-0.4, -0.2) is 66.4 Å². The van der Waals surface area contributed by atoms with Gasteiger partial charge in [-0.25, -0.2) is 0 Å². The third kappa shape index (κ3) is 4.81. The predicted molar refractivity (Wildman–Crippen MR) is 100.0 cm³/mol. The Morgan fingerprint density at radius 1 is 1.04 bits per heavy atom. The lowest BCUT2D eigenvalue weighted by molar-refractivity contribution is -0.137. The highest BCUT2D eigenvalue weighted by Gasteiger charge is 2.32. The van der Waals surface area contributed by atoms with Crippen LogP contribution in [0.5, 0.6) is 0 Å². The van der Waals surface area contributed by atoms with Crippen molar-refractivity contribution in [3.05, 3.63) is 35.9 Å². The number of carbonyl (C=O) groups is 1. The zero-order valence-corrected chi connectivity index (χ0v) is 15.7. The average Bonchev–Trinajstić information content (AvgIpc) is 2.58. The monoisotopic (exact) mass is 331 g/mol. The van der Waals surface area contributed by atoms with Gasteiger partial charge in [0.05, 0.1) is 0 Å². The summed E-state index contributed by atoms with van der Waals surface area (Å²) in [5.41, 5.74) is 1.12. The third-order valence-electron chi connectivity index (χ3n) is 4.82. The Hall–Kier alpha value is -1.39. The normalized spacial score (nSPS) is 17.9. The first-order valence-electron chi connectivity index (χ1n) is 9.36. The van der Waals surface area contributed by atoms with E-state index in [9.17, 15) is 4.79 Å². The summed E-state index contributed by atoms with van der Waals surface area (Å²) in [6.07, 6.45) is 0. The fourth-order valence-corrected chi connectivity index (χ4v) is 3.57. The Morgan fingerprint density at radius 2 is 1.62 bits per heavy atom. The summed E-state index contributed by atoms with van der Waals surface area (Å²) in [7, 11) is 0. The van der Waals surface area contributed by atoms with Gasteiger partial charge in [-0.3, -0.25) is 9.69 Å². The molecule has 24 heavy (non-hydrogen) atoms. The molecule has 1 heterocycles. The number of hydrogen-bond acceptors (Lipinski definition) is 3. The van der Waals surface area contributed by atoms with Crippen molar-refractivity contribution < 1.29 is 4.79 Å². The molecular formula is C20H33N3O. The first kappa shape index (κ1) is 18.9. The zero-order valence-electron chi connectivity index (χ0n) is 15.7. The topological polar surface area (TPSA) is 26.8 Å². The number of hydrogen-bond donors (Lipinski definition) is 0. The Morgan fingerprint density at radius 3 is 2.12 bits per heavy atom. The molecule has 0 bridgehead atoms. The molecule has 0 N–H and O–H groups in total. The van der Waals surface area contributed by atoms with Crippen LogP contribution in [-0.2, 0) is 4.79 Å². The van der Waals surface area contributed by atoms with Gasteiger partial charge >= 0.3 is 0 Å². The lowest BCUT2D eigenvalue weighted by atomic mass is 10.0. The minimum atomic E-state index is -0.146. The summed E-state index contributed by atoms with van der Waals surface area (Å²) < 4.78 is 0. The van der Waals surface area contributed by atoms with Crippen LogP contribution in [0, 0.1) is 5.92 Å². The molecule has 0 aliphatic carbocycles. The van der Waals surface area contributed by atoms with Crippen LogP contribution in [0.25, 0.3) is 0 Å². The minimum Gasteiger partial charge on any atom is -0.342 e. The quantitative estimate of drug-likeness (QED) is 0.769. The Bertz CT molecular complexity index is 491. The number of nitrogens with zero attached hydrogens (tertiary/aromatic N) is 3. The van der Waals surface area contributed by atoms with Crippen molar-refractivity contribution in [3.8, 4) is 0 Å². The van der Waals surface area contributed by atoms with Gasteiger partial charge in [0.1, 0.15) is 6.04 Å². The third-order valence-corrected chi connectivity index (χ3v) is 4.82. The van der Waals surface area contributed by atoms with E-state index in [0.29, 0.717) is 5.92 Å². The molecule has 1 saturated heterocycles. The Labute approximate surface area is 147 Å². The van der Waals surface area contributed by atoms with Crippen LogP contribution in [0.1, 0.15) is 39.3 Å². The Kier molecular flexibility index (Phi) is 7.25. The number of amides is 1. The summed E-state index contributed by atoms with van der Waals surface area (Å²) in [6, 6.07) is 10.1. The molecule has 134 valence electrons. The van der Waals surface area contributed by atoms with Crippen molar-refractivity contribution in [1.29, 1.82) is 0 Å². The van der Waals surface area contributed by atoms with Crippen molar-refractivity contribution in [2.45, 2.75) is 33.7 Å². The summed E-state index contributed by atoms with van der Waals surface area (Å²) in [6.45, 7) is 15.4. The van der Waals surface area contributed by atoms with Crippen molar-refractivity contribution in [3.63, 3.8) is 0 Å². The second kappa shape index (κ2) is 9.19. The maximum absolute atomic E-state index is 13.1. The fourth-order valence-electron chi connectivity index (χ4n) is 3.57. The molecule has 0 saturated carbocycles. The molecule has 1 aliphatic rings. The van der Waals surface area contributed by atoms with Crippen molar-refractivity contribution >= 4 is 5.91 Å². The highest BCUT2D eigenvalue weighted by atomic mass is 16.2. The molecule has 1 aromatic carbocycles. The number of rotatable bonds is 7. The van der Waals surface area contributed by atoms with Crippen LogP contribution in [0.15, 0.2) is 30.3 Å². The van der Waals surface area contributed by atoms with Crippen LogP contribution in [0.3, 0.4) is 0 Å². The molecule has 1 atom stereocenters. The first-order valence-corrected chi connectivity index (χ1v) is 9.36. The van der Waals surface area contributed by atoms with Gasteiger partial charge in [0, 0.05) is 45.8 Å². The summed E-state index contributed by atoms with van der Waals surface area (Å²) in [5.74, 6) is 0.933. The lowest BCUT2D eigenvalue weighted by Gasteiger charge is -2.40. The van der Waals surface area contributed by atoms with E-state index < -0.39 is 0 Å². The highest BCUT2D eigenvalue weighted by Crippen LogP contribution is 2.25. The molecule has 1 fully saturated rings. The second-order valence-corrected chi connectivity index (χ2v) is 7.05. The van der Waals surface area contributed by atoms with E-state index in [1.165, 1.54) is 0 Å². The van der Waals surface area contributed by atoms with E-state index >= 15 is 0 Å². The second-order valence-electron chi connectivity index (χ2n) is 7.05. The number of benzene rings is 1. The van der Waals surface area contributed by atoms with Crippen LogP contribution < -0.4 is 0 Å². The van der Waals surface area contributed by atoms with Gasteiger partial charge in [0.25, 0.3) is 0 Å². The van der Waals surface area contributed by atoms with Gasteiger partial charge < -0.3 is 9.80 Å². The van der Waals surface area contributed by atoms with Gasteiger partial charge in [-0.05, 0) is 25.3 Å². The van der Waals surface area contributed by atoms with E-state index in [1.54, 1.807) is 0 Å². The van der Waals surface area contributed by atoms with Gasteiger partial charge in [0.15, 0.2) is 0 Å². The van der Waals surface area contributed by atoms with Crippen LogP contribution in [0.4, 0.5) is 0 Å². The fraction of sp³-hybridized carbons (Fsp3) is 0.650.